The predicted octanol–water partition coefficient (Wildman–Crippen LogP) is 3.55. The van der Waals surface area contributed by atoms with E-state index in [1.54, 1.807) is 29.2 Å². The Hall–Kier alpha value is -3.14. The lowest BCUT2D eigenvalue weighted by molar-refractivity contribution is -0.156. The molecule has 4 N–H and O–H groups in total. The summed E-state index contributed by atoms with van der Waals surface area (Å²) < 4.78 is 0. The van der Waals surface area contributed by atoms with Crippen molar-refractivity contribution in [2.24, 2.45) is 11.7 Å². The number of carbonyl (C=O) groups is 4. The number of hydrogen-bond donors (Lipinski definition) is 3. The van der Waals surface area contributed by atoms with Crippen LogP contribution < -0.4 is 11.1 Å². The van der Waals surface area contributed by atoms with Crippen LogP contribution >= 0.6 is 0 Å². The Morgan fingerprint density at radius 3 is 2.28 bits per heavy atom. The zero-order valence-corrected chi connectivity index (χ0v) is 26.6. The summed E-state index contributed by atoms with van der Waals surface area (Å²) in [4.78, 5) is 59.7. The Kier molecular flexibility index (Phi) is 12.8. The number of rotatable bonds is 16. The van der Waals surface area contributed by atoms with Crippen LogP contribution in [0, 0.1) is 5.92 Å². The van der Waals surface area contributed by atoms with Crippen LogP contribution in [0.5, 0.6) is 5.75 Å². The molecule has 10 heteroatoms. The monoisotopic (exact) mass is 599 g/mol. The highest BCUT2D eigenvalue weighted by Crippen LogP contribution is 2.44. The molecule has 0 saturated carbocycles. The van der Waals surface area contributed by atoms with Gasteiger partial charge in [0.25, 0.3) is 0 Å². The molecule has 3 unspecified atom stereocenters. The van der Waals surface area contributed by atoms with Gasteiger partial charge in [-0.3, -0.25) is 19.2 Å². The summed E-state index contributed by atoms with van der Waals surface area (Å²) in [5, 5.41) is 12.9. The number of phenolic OH excluding ortho intramolecular Hbond substituents is 1. The SMILES string of the molecule is CCCCCC(=O)N1C(Cc2ccc(O)cc2)C(=O)N(C(C(=O)NCCCCCC(N)=O)C(C)CC)C12CCN(C)CC2. The first-order chi connectivity index (χ1) is 20.5. The Morgan fingerprint density at radius 1 is 1.02 bits per heavy atom. The van der Waals surface area contributed by atoms with Crippen LogP contribution in [-0.2, 0) is 25.6 Å². The molecule has 2 saturated heterocycles. The van der Waals surface area contributed by atoms with Gasteiger partial charge in [-0.2, -0.15) is 0 Å². The minimum Gasteiger partial charge on any atom is -0.508 e. The van der Waals surface area contributed by atoms with Gasteiger partial charge in [0.05, 0.1) is 0 Å². The molecule has 2 aliphatic rings. The van der Waals surface area contributed by atoms with Crippen LogP contribution in [0.15, 0.2) is 24.3 Å². The normalized spacial score (nSPS) is 19.9. The van der Waals surface area contributed by atoms with Gasteiger partial charge < -0.3 is 30.9 Å². The Balaban J connectivity index is 1.99. The fraction of sp³-hybridized carbons (Fsp3) is 0.697. The van der Waals surface area contributed by atoms with Gasteiger partial charge in [0.2, 0.25) is 23.6 Å². The van der Waals surface area contributed by atoms with Crippen molar-refractivity contribution in [3.05, 3.63) is 29.8 Å². The maximum Gasteiger partial charge on any atom is 0.248 e. The second kappa shape index (κ2) is 16.1. The summed E-state index contributed by atoms with van der Waals surface area (Å²) in [6, 6.07) is 5.35. The summed E-state index contributed by atoms with van der Waals surface area (Å²) in [6.45, 7) is 8.00. The number of unbranched alkanes of at least 4 members (excludes halogenated alkanes) is 4. The highest BCUT2D eigenvalue weighted by atomic mass is 16.3. The van der Waals surface area contributed by atoms with E-state index in [4.69, 9.17) is 5.73 Å². The van der Waals surface area contributed by atoms with Crippen LogP contribution in [0.1, 0.15) is 97.0 Å². The number of nitrogens with zero attached hydrogens (tertiary/aromatic N) is 3. The molecule has 0 radical (unpaired) electrons. The summed E-state index contributed by atoms with van der Waals surface area (Å²) >= 11 is 0. The van der Waals surface area contributed by atoms with Gasteiger partial charge in [0, 0.05) is 51.7 Å². The predicted molar refractivity (Wildman–Crippen MR) is 167 cm³/mol. The molecule has 1 spiro atoms. The lowest BCUT2D eigenvalue weighted by Crippen LogP contribution is -2.66. The first-order valence-electron chi connectivity index (χ1n) is 16.2. The molecule has 43 heavy (non-hydrogen) atoms. The Morgan fingerprint density at radius 2 is 1.67 bits per heavy atom. The van der Waals surface area contributed by atoms with E-state index in [2.05, 4.69) is 17.1 Å². The van der Waals surface area contributed by atoms with E-state index in [0.717, 1.165) is 31.2 Å². The topological polar surface area (TPSA) is 136 Å². The number of piperidine rings is 1. The van der Waals surface area contributed by atoms with Crippen molar-refractivity contribution >= 4 is 23.6 Å². The minimum atomic E-state index is -0.887. The summed E-state index contributed by atoms with van der Waals surface area (Å²) in [5.74, 6) is -0.712. The molecule has 2 heterocycles. The number of hydrogen-bond acceptors (Lipinski definition) is 6. The van der Waals surface area contributed by atoms with Gasteiger partial charge in [0.1, 0.15) is 23.5 Å². The van der Waals surface area contributed by atoms with Crippen molar-refractivity contribution in [3.63, 3.8) is 0 Å². The second-order valence-corrected chi connectivity index (χ2v) is 12.5. The molecule has 1 aromatic rings. The molecule has 2 aliphatic heterocycles. The number of amides is 4. The highest BCUT2D eigenvalue weighted by molar-refractivity contribution is 5.96. The van der Waals surface area contributed by atoms with Crippen molar-refractivity contribution in [1.82, 2.24) is 20.0 Å². The highest BCUT2D eigenvalue weighted by Gasteiger charge is 2.61. The molecule has 4 amide bonds. The number of aromatic hydroxyl groups is 1. The Labute approximate surface area is 257 Å². The van der Waals surface area contributed by atoms with Crippen LogP contribution in [0.4, 0.5) is 0 Å². The van der Waals surface area contributed by atoms with Crippen LogP contribution in [0.3, 0.4) is 0 Å². The fourth-order valence-electron chi connectivity index (χ4n) is 6.59. The number of primary amides is 1. The molecule has 240 valence electrons. The van der Waals surface area contributed by atoms with E-state index < -0.39 is 17.7 Å². The van der Waals surface area contributed by atoms with Gasteiger partial charge in [0.15, 0.2) is 0 Å². The number of benzene rings is 1. The number of nitrogens with two attached hydrogens (primary N) is 1. The molecule has 0 aromatic heterocycles. The smallest absolute Gasteiger partial charge is 0.248 e. The van der Waals surface area contributed by atoms with Crippen molar-refractivity contribution < 1.29 is 24.3 Å². The molecule has 0 bridgehead atoms. The molecular weight excluding hydrogens is 546 g/mol. The summed E-state index contributed by atoms with van der Waals surface area (Å²) in [6.07, 6.45) is 7.70. The lowest BCUT2D eigenvalue weighted by atomic mass is 9.88. The zero-order chi connectivity index (χ0) is 31.6. The lowest BCUT2D eigenvalue weighted by Gasteiger charge is -2.51. The fourth-order valence-corrected chi connectivity index (χ4v) is 6.59. The maximum absolute atomic E-state index is 14.7. The first kappa shape index (κ1) is 34.4. The summed E-state index contributed by atoms with van der Waals surface area (Å²) in [5.41, 5.74) is 5.21. The molecular formula is C33H53N5O5. The molecule has 10 nitrogen and oxygen atoms in total. The van der Waals surface area contributed by atoms with E-state index in [-0.39, 0.29) is 35.3 Å². The van der Waals surface area contributed by atoms with Gasteiger partial charge >= 0.3 is 0 Å². The third-order valence-electron chi connectivity index (χ3n) is 9.28. The largest absolute Gasteiger partial charge is 0.508 e. The average molecular weight is 600 g/mol. The van der Waals surface area contributed by atoms with E-state index in [1.807, 2.05) is 25.8 Å². The summed E-state index contributed by atoms with van der Waals surface area (Å²) in [7, 11) is 2.05. The van der Waals surface area contributed by atoms with Gasteiger partial charge in [-0.1, -0.05) is 58.6 Å². The molecule has 2 fully saturated rings. The van der Waals surface area contributed by atoms with Crippen molar-refractivity contribution in [1.29, 1.82) is 0 Å². The number of carbonyl (C=O) groups excluding carboxylic acids is 4. The number of likely N-dealkylation sites (tertiary alicyclic amines) is 1. The molecule has 3 atom stereocenters. The van der Waals surface area contributed by atoms with Crippen molar-refractivity contribution in [3.8, 4) is 5.75 Å². The van der Waals surface area contributed by atoms with Crippen LogP contribution in [0.2, 0.25) is 0 Å². The first-order valence-corrected chi connectivity index (χ1v) is 16.2. The van der Waals surface area contributed by atoms with E-state index in [1.165, 1.54) is 0 Å². The van der Waals surface area contributed by atoms with Crippen molar-refractivity contribution in [2.75, 3.05) is 26.7 Å². The molecule has 1 aromatic carbocycles. The van der Waals surface area contributed by atoms with E-state index in [9.17, 15) is 24.3 Å². The molecule has 0 aliphatic carbocycles. The third kappa shape index (κ3) is 8.49. The number of nitrogens with one attached hydrogen (secondary N) is 1. The van der Waals surface area contributed by atoms with Gasteiger partial charge in [-0.15, -0.1) is 0 Å². The van der Waals surface area contributed by atoms with E-state index >= 15 is 0 Å². The zero-order valence-electron chi connectivity index (χ0n) is 26.6. The van der Waals surface area contributed by atoms with E-state index in [0.29, 0.717) is 71.0 Å². The third-order valence-corrected chi connectivity index (χ3v) is 9.28. The standard InChI is InChI=1S/C33H53N5O5/c1-5-7-9-13-29(41)37-27(23-25-14-16-26(39)17-15-25)32(43)38(33(37)18-21-36(4)22-19-33)30(24(3)6-2)31(42)35-20-11-8-10-12-28(34)40/h14-17,24,27,30,39H,5-13,18-23H2,1-4H3,(H2,34,40)(H,35,42). The molecule has 3 rings (SSSR count). The second-order valence-electron chi connectivity index (χ2n) is 12.5. The Bertz CT molecular complexity index is 1090. The minimum absolute atomic E-state index is 0.0320. The van der Waals surface area contributed by atoms with Gasteiger partial charge in [-0.05, 0) is 49.9 Å². The average Bonchev–Trinajstić information content (AvgIpc) is 3.20. The number of phenols is 1. The van der Waals surface area contributed by atoms with Gasteiger partial charge in [-0.25, -0.2) is 0 Å². The van der Waals surface area contributed by atoms with Crippen molar-refractivity contribution in [2.45, 2.75) is 116 Å². The van der Waals surface area contributed by atoms with Crippen LogP contribution in [0.25, 0.3) is 0 Å². The maximum atomic E-state index is 14.7. The van der Waals surface area contributed by atoms with Crippen LogP contribution in [-0.4, -0.2) is 87.9 Å². The quantitative estimate of drug-likeness (QED) is 0.249.